The van der Waals surface area contributed by atoms with Gasteiger partial charge in [-0.05, 0) is 24.8 Å². The average molecular weight is 208 g/mol. The second-order valence-electron chi connectivity index (χ2n) is 3.84. The summed E-state index contributed by atoms with van der Waals surface area (Å²) in [5.74, 6) is 0. The highest BCUT2D eigenvalue weighted by Crippen LogP contribution is 2.07. The maximum atomic E-state index is 9.42. The van der Waals surface area contributed by atoms with Gasteiger partial charge in [0.1, 0.15) is 0 Å². The summed E-state index contributed by atoms with van der Waals surface area (Å²) in [5, 5.41) is 9.42. The van der Waals surface area contributed by atoms with Crippen molar-refractivity contribution in [2.75, 3.05) is 13.7 Å². The molecule has 0 radical (unpaired) electrons. The van der Waals surface area contributed by atoms with Crippen LogP contribution < -0.4 is 0 Å². The average Bonchev–Trinajstić information content (AvgIpc) is 2.26. The predicted molar refractivity (Wildman–Crippen MR) is 61.9 cm³/mol. The maximum Gasteiger partial charge on any atom is 0.0773 e. The van der Waals surface area contributed by atoms with Gasteiger partial charge in [0.15, 0.2) is 0 Å². The number of unbranched alkanes of at least 4 members (excludes halogenated alkanes) is 1. The molecule has 1 N–H and O–H groups in total. The summed E-state index contributed by atoms with van der Waals surface area (Å²) in [5.41, 5.74) is 1.37. The van der Waals surface area contributed by atoms with Crippen molar-refractivity contribution < 1.29 is 9.84 Å². The first-order valence-electron chi connectivity index (χ1n) is 5.54. The number of hydrogen-bond acceptors (Lipinski definition) is 2. The van der Waals surface area contributed by atoms with E-state index in [4.69, 9.17) is 4.74 Å². The van der Waals surface area contributed by atoms with Crippen LogP contribution in [0.2, 0.25) is 0 Å². The molecule has 1 atom stereocenters. The van der Waals surface area contributed by atoms with Gasteiger partial charge in [-0.1, -0.05) is 36.8 Å². The Morgan fingerprint density at radius 1 is 1.20 bits per heavy atom. The van der Waals surface area contributed by atoms with Gasteiger partial charge < -0.3 is 9.84 Å². The number of ether oxygens (including phenoxy) is 1. The van der Waals surface area contributed by atoms with Gasteiger partial charge in [-0.25, -0.2) is 0 Å². The Hall–Kier alpha value is -0.860. The summed E-state index contributed by atoms with van der Waals surface area (Å²) in [6.07, 6.45) is 3.82. The van der Waals surface area contributed by atoms with Crippen molar-refractivity contribution in [3.8, 4) is 0 Å². The molecule has 0 saturated heterocycles. The molecule has 0 heterocycles. The van der Waals surface area contributed by atoms with Gasteiger partial charge in [0.2, 0.25) is 0 Å². The molecular weight excluding hydrogens is 188 g/mol. The van der Waals surface area contributed by atoms with Gasteiger partial charge in [-0.3, -0.25) is 0 Å². The fourth-order valence-corrected chi connectivity index (χ4v) is 1.63. The maximum absolute atomic E-state index is 9.42. The lowest BCUT2D eigenvalue weighted by atomic mass is 10.1. The van der Waals surface area contributed by atoms with E-state index in [1.807, 2.05) is 6.07 Å². The Morgan fingerprint density at radius 3 is 2.60 bits per heavy atom. The number of aliphatic hydroxyl groups is 1. The van der Waals surface area contributed by atoms with Crippen molar-refractivity contribution in [3.63, 3.8) is 0 Å². The summed E-state index contributed by atoms with van der Waals surface area (Å²) < 4.78 is 4.87. The van der Waals surface area contributed by atoms with E-state index < -0.39 is 0 Å². The van der Waals surface area contributed by atoms with Crippen LogP contribution in [0.25, 0.3) is 0 Å². The van der Waals surface area contributed by atoms with Gasteiger partial charge >= 0.3 is 0 Å². The lowest BCUT2D eigenvalue weighted by Gasteiger charge is -2.08. The summed E-state index contributed by atoms with van der Waals surface area (Å²) >= 11 is 0. The first-order chi connectivity index (χ1) is 7.33. The number of hydrogen-bond donors (Lipinski definition) is 1. The lowest BCUT2D eigenvalue weighted by molar-refractivity contribution is 0.0577. The summed E-state index contributed by atoms with van der Waals surface area (Å²) in [7, 11) is 1.62. The van der Waals surface area contributed by atoms with E-state index in [1.165, 1.54) is 5.56 Å². The third-order valence-corrected chi connectivity index (χ3v) is 2.45. The SMILES string of the molecule is COCC(O)CCCCc1ccccc1. The molecular formula is C13H20O2. The molecule has 0 aliphatic rings. The Balaban J connectivity index is 2.07. The molecule has 0 bridgehead atoms. The first kappa shape index (κ1) is 12.2. The van der Waals surface area contributed by atoms with Crippen molar-refractivity contribution in [1.82, 2.24) is 0 Å². The molecule has 2 nitrogen and oxygen atoms in total. The van der Waals surface area contributed by atoms with Crippen molar-refractivity contribution in [2.24, 2.45) is 0 Å². The summed E-state index contributed by atoms with van der Waals surface area (Å²) in [6, 6.07) is 10.5. The van der Waals surface area contributed by atoms with Gasteiger partial charge in [-0.2, -0.15) is 0 Å². The molecule has 15 heavy (non-hydrogen) atoms. The summed E-state index contributed by atoms with van der Waals surface area (Å²) in [4.78, 5) is 0. The second-order valence-corrected chi connectivity index (χ2v) is 3.84. The zero-order valence-corrected chi connectivity index (χ0v) is 9.36. The molecule has 1 unspecified atom stereocenters. The van der Waals surface area contributed by atoms with Crippen LogP contribution in [0.1, 0.15) is 24.8 Å². The Labute approximate surface area is 91.9 Å². The largest absolute Gasteiger partial charge is 0.391 e. The van der Waals surface area contributed by atoms with Crippen molar-refractivity contribution in [3.05, 3.63) is 35.9 Å². The quantitative estimate of drug-likeness (QED) is 0.697. The fraction of sp³-hybridized carbons (Fsp3) is 0.538. The van der Waals surface area contributed by atoms with E-state index in [-0.39, 0.29) is 6.10 Å². The minimum Gasteiger partial charge on any atom is -0.391 e. The van der Waals surface area contributed by atoms with Gasteiger partial charge in [0.25, 0.3) is 0 Å². The molecule has 1 aromatic rings. The molecule has 0 aliphatic heterocycles. The molecule has 0 saturated carbocycles. The van der Waals surface area contributed by atoms with Crippen LogP contribution in [-0.4, -0.2) is 24.9 Å². The van der Waals surface area contributed by atoms with E-state index in [0.717, 1.165) is 25.7 Å². The van der Waals surface area contributed by atoms with Crippen LogP contribution in [0, 0.1) is 0 Å². The number of rotatable bonds is 7. The molecule has 2 heteroatoms. The van der Waals surface area contributed by atoms with Crippen LogP contribution in [0.5, 0.6) is 0 Å². The van der Waals surface area contributed by atoms with Crippen molar-refractivity contribution in [2.45, 2.75) is 31.8 Å². The fourth-order valence-electron chi connectivity index (χ4n) is 1.63. The number of benzene rings is 1. The van der Waals surface area contributed by atoms with Crippen LogP contribution in [0.4, 0.5) is 0 Å². The van der Waals surface area contributed by atoms with Crippen molar-refractivity contribution in [1.29, 1.82) is 0 Å². The number of aryl methyl sites for hydroxylation is 1. The van der Waals surface area contributed by atoms with Gasteiger partial charge in [0.05, 0.1) is 12.7 Å². The Bertz CT molecular complexity index is 246. The molecule has 84 valence electrons. The number of aliphatic hydroxyl groups excluding tert-OH is 1. The molecule has 0 aliphatic carbocycles. The van der Waals surface area contributed by atoms with Crippen LogP contribution in [0.3, 0.4) is 0 Å². The lowest BCUT2D eigenvalue weighted by Crippen LogP contribution is -2.13. The third kappa shape index (κ3) is 5.55. The third-order valence-electron chi connectivity index (χ3n) is 2.45. The molecule has 0 aromatic heterocycles. The Kier molecular flexibility index (Phi) is 6.05. The van der Waals surface area contributed by atoms with Gasteiger partial charge in [-0.15, -0.1) is 0 Å². The zero-order chi connectivity index (χ0) is 10.9. The summed E-state index contributed by atoms with van der Waals surface area (Å²) in [6.45, 7) is 0.450. The minimum absolute atomic E-state index is 0.300. The van der Waals surface area contributed by atoms with Crippen molar-refractivity contribution >= 4 is 0 Å². The Morgan fingerprint density at radius 2 is 1.93 bits per heavy atom. The smallest absolute Gasteiger partial charge is 0.0773 e. The minimum atomic E-state index is -0.300. The zero-order valence-electron chi connectivity index (χ0n) is 9.36. The van der Waals surface area contributed by atoms with E-state index in [2.05, 4.69) is 24.3 Å². The molecule has 0 fully saturated rings. The topological polar surface area (TPSA) is 29.5 Å². The molecule has 1 rings (SSSR count). The second kappa shape index (κ2) is 7.43. The van der Waals surface area contributed by atoms with Crippen LogP contribution >= 0.6 is 0 Å². The standard InChI is InChI=1S/C13H20O2/c1-15-11-13(14)10-6-5-9-12-7-3-2-4-8-12/h2-4,7-8,13-14H,5-6,9-11H2,1H3. The normalized spacial score (nSPS) is 12.7. The van der Waals surface area contributed by atoms with Gasteiger partial charge in [0, 0.05) is 7.11 Å². The molecule has 1 aromatic carbocycles. The molecule has 0 spiro atoms. The highest BCUT2D eigenvalue weighted by Gasteiger charge is 2.02. The van der Waals surface area contributed by atoms with E-state index in [9.17, 15) is 5.11 Å². The van der Waals surface area contributed by atoms with E-state index >= 15 is 0 Å². The van der Waals surface area contributed by atoms with Crippen LogP contribution in [-0.2, 0) is 11.2 Å². The van der Waals surface area contributed by atoms with Crippen LogP contribution in [0.15, 0.2) is 30.3 Å². The molecule has 0 amide bonds. The predicted octanol–water partition coefficient (Wildman–Crippen LogP) is 2.41. The number of methoxy groups -OCH3 is 1. The van der Waals surface area contributed by atoms with E-state index in [1.54, 1.807) is 7.11 Å². The van der Waals surface area contributed by atoms with E-state index in [0.29, 0.717) is 6.61 Å². The highest BCUT2D eigenvalue weighted by atomic mass is 16.5. The highest BCUT2D eigenvalue weighted by molar-refractivity contribution is 5.14. The first-order valence-corrected chi connectivity index (χ1v) is 5.54. The monoisotopic (exact) mass is 208 g/mol.